The molecule has 0 aliphatic carbocycles. The van der Waals surface area contributed by atoms with E-state index >= 15 is 0 Å². The van der Waals surface area contributed by atoms with Crippen molar-refractivity contribution in [1.82, 2.24) is 10.6 Å². The van der Waals surface area contributed by atoms with E-state index in [-0.39, 0.29) is 29.4 Å². The number of rotatable bonds is 6. The fourth-order valence-corrected chi connectivity index (χ4v) is 3.32. The Labute approximate surface area is 170 Å². The number of guanidine groups is 1. The maximum atomic E-state index is 5.64. The number of benzene rings is 1. The van der Waals surface area contributed by atoms with Gasteiger partial charge >= 0.3 is 0 Å². The molecule has 0 spiro atoms. The molecule has 1 aliphatic heterocycles. The molecule has 142 valence electrons. The molecule has 0 saturated carbocycles. The zero-order chi connectivity index (χ0) is 17.4. The van der Waals surface area contributed by atoms with E-state index in [1.165, 1.54) is 11.1 Å². The van der Waals surface area contributed by atoms with Crippen molar-refractivity contribution < 1.29 is 4.74 Å². The first-order valence-corrected chi connectivity index (χ1v) is 9.23. The topological polar surface area (TPSA) is 45.7 Å². The molecule has 0 radical (unpaired) electrons. The van der Waals surface area contributed by atoms with Gasteiger partial charge < -0.3 is 15.4 Å². The van der Waals surface area contributed by atoms with Gasteiger partial charge in [0.15, 0.2) is 5.96 Å². The zero-order valence-corrected chi connectivity index (χ0v) is 18.4. The van der Waals surface area contributed by atoms with Crippen LogP contribution in [-0.4, -0.2) is 38.8 Å². The minimum absolute atomic E-state index is 0. The summed E-state index contributed by atoms with van der Waals surface area (Å²) in [7, 11) is 0. The van der Waals surface area contributed by atoms with Crippen molar-refractivity contribution >= 4 is 29.9 Å². The van der Waals surface area contributed by atoms with Crippen LogP contribution in [-0.2, 0) is 10.2 Å². The molecule has 4 nitrogen and oxygen atoms in total. The van der Waals surface area contributed by atoms with Crippen LogP contribution >= 0.6 is 24.0 Å². The monoisotopic (exact) mass is 459 g/mol. The molecular formula is C20H34IN3O. The summed E-state index contributed by atoms with van der Waals surface area (Å²) in [4.78, 5) is 4.94. The highest BCUT2D eigenvalue weighted by molar-refractivity contribution is 14.0. The summed E-state index contributed by atoms with van der Waals surface area (Å²) >= 11 is 0. The third-order valence-electron chi connectivity index (χ3n) is 4.73. The van der Waals surface area contributed by atoms with Gasteiger partial charge in [-0.3, -0.25) is 4.99 Å². The van der Waals surface area contributed by atoms with Crippen LogP contribution < -0.4 is 10.6 Å². The second-order valence-electron chi connectivity index (χ2n) is 7.18. The molecule has 1 fully saturated rings. The molecule has 2 N–H and O–H groups in total. The molecule has 2 rings (SSSR count). The van der Waals surface area contributed by atoms with Gasteiger partial charge in [0, 0.05) is 31.7 Å². The van der Waals surface area contributed by atoms with Crippen molar-refractivity contribution in [3.8, 4) is 0 Å². The first-order valence-electron chi connectivity index (χ1n) is 9.23. The van der Waals surface area contributed by atoms with Crippen LogP contribution in [0.1, 0.15) is 44.7 Å². The largest absolute Gasteiger partial charge is 0.381 e. The van der Waals surface area contributed by atoms with Crippen molar-refractivity contribution in [2.45, 2.75) is 46.0 Å². The smallest absolute Gasteiger partial charge is 0.191 e. The first kappa shape index (κ1) is 22.2. The van der Waals surface area contributed by atoms with E-state index in [9.17, 15) is 0 Å². The van der Waals surface area contributed by atoms with Gasteiger partial charge in [-0.1, -0.05) is 38.1 Å². The summed E-state index contributed by atoms with van der Waals surface area (Å²) in [5.74, 6) is 1.52. The van der Waals surface area contributed by atoms with E-state index in [0.29, 0.717) is 5.92 Å². The number of hydrogen-bond donors (Lipinski definition) is 2. The Kier molecular flexibility index (Phi) is 9.79. The Morgan fingerprint density at radius 1 is 1.20 bits per heavy atom. The fourth-order valence-electron chi connectivity index (χ4n) is 3.32. The number of nitrogens with zero attached hydrogens (tertiary/aromatic N) is 1. The van der Waals surface area contributed by atoms with E-state index in [1.54, 1.807) is 0 Å². The van der Waals surface area contributed by atoms with E-state index in [2.05, 4.69) is 62.6 Å². The molecule has 1 saturated heterocycles. The molecule has 0 aromatic heterocycles. The molecule has 0 bridgehead atoms. The van der Waals surface area contributed by atoms with Crippen LogP contribution in [0.25, 0.3) is 0 Å². The third kappa shape index (κ3) is 6.44. The quantitative estimate of drug-likeness (QED) is 0.386. The number of aryl methyl sites for hydroxylation is 1. The number of halogens is 1. The van der Waals surface area contributed by atoms with Crippen molar-refractivity contribution in [2.75, 3.05) is 32.8 Å². The highest BCUT2D eigenvalue weighted by Gasteiger charge is 2.35. The first-order chi connectivity index (χ1) is 11.6. The summed E-state index contributed by atoms with van der Waals surface area (Å²) < 4.78 is 5.64. The second kappa shape index (κ2) is 11.0. The molecule has 0 amide bonds. The van der Waals surface area contributed by atoms with Gasteiger partial charge in [0.1, 0.15) is 0 Å². The number of nitrogens with one attached hydrogen (secondary N) is 2. The number of ether oxygens (including phenoxy) is 1. The lowest BCUT2D eigenvalue weighted by atomic mass is 9.72. The average molecular weight is 459 g/mol. The molecule has 1 aromatic rings. The van der Waals surface area contributed by atoms with Crippen LogP contribution in [0.5, 0.6) is 0 Å². The molecule has 1 aliphatic rings. The maximum Gasteiger partial charge on any atom is 0.191 e. The predicted molar refractivity (Wildman–Crippen MR) is 117 cm³/mol. The average Bonchev–Trinajstić information content (AvgIpc) is 2.58. The van der Waals surface area contributed by atoms with Crippen LogP contribution in [0.15, 0.2) is 29.3 Å². The molecular weight excluding hydrogens is 425 g/mol. The molecule has 5 heteroatoms. The van der Waals surface area contributed by atoms with Gasteiger partial charge in [-0.05, 0) is 43.7 Å². The Morgan fingerprint density at radius 2 is 1.88 bits per heavy atom. The molecule has 0 atom stereocenters. The van der Waals surface area contributed by atoms with Gasteiger partial charge in [-0.15, -0.1) is 24.0 Å². The lowest BCUT2D eigenvalue weighted by molar-refractivity contribution is 0.0529. The molecule has 25 heavy (non-hydrogen) atoms. The van der Waals surface area contributed by atoms with Gasteiger partial charge in [0.25, 0.3) is 0 Å². The lowest BCUT2D eigenvalue weighted by Gasteiger charge is -2.37. The van der Waals surface area contributed by atoms with Crippen LogP contribution in [0.4, 0.5) is 0 Å². The second-order valence-corrected chi connectivity index (χ2v) is 7.18. The maximum absolute atomic E-state index is 5.64. The normalized spacial score (nSPS) is 17.1. The minimum Gasteiger partial charge on any atom is -0.381 e. The van der Waals surface area contributed by atoms with Gasteiger partial charge in [-0.25, -0.2) is 0 Å². The van der Waals surface area contributed by atoms with Crippen molar-refractivity contribution in [3.05, 3.63) is 35.4 Å². The SMILES string of the molecule is CCNC(=NCC1(c2ccccc2C)CCOCC1)NCC(C)C.I. The van der Waals surface area contributed by atoms with Crippen LogP contribution in [0.2, 0.25) is 0 Å². The van der Waals surface area contributed by atoms with Crippen molar-refractivity contribution in [3.63, 3.8) is 0 Å². The Bertz CT molecular complexity index is 539. The van der Waals surface area contributed by atoms with E-state index in [0.717, 1.165) is 51.6 Å². The van der Waals surface area contributed by atoms with Gasteiger partial charge in [-0.2, -0.15) is 0 Å². The highest BCUT2D eigenvalue weighted by Crippen LogP contribution is 2.36. The lowest BCUT2D eigenvalue weighted by Crippen LogP contribution is -2.42. The Balaban J connectivity index is 0.00000312. The molecule has 0 unspecified atom stereocenters. The molecule has 1 aromatic carbocycles. The van der Waals surface area contributed by atoms with E-state index in [4.69, 9.17) is 9.73 Å². The van der Waals surface area contributed by atoms with Crippen molar-refractivity contribution in [2.24, 2.45) is 10.9 Å². The summed E-state index contributed by atoms with van der Waals surface area (Å²) in [6.45, 7) is 13.0. The van der Waals surface area contributed by atoms with Crippen LogP contribution in [0.3, 0.4) is 0 Å². The summed E-state index contributed by atoms with van der Waals surface area (Å²) in [6.07, 6.45) is 2.07. The summed E-state index contributed by atoms with van der Waals surface area (Å²) in [5, 5.41) is 6.82. The Morgan fingerprint density at radius 3 is 2.48 bits per heavy atom. The predicted octanol–water partition coefficient (Wildman–Crippen LogP) is 3.87. The van der Waals surface area contributed by atoms with Crippen molar-refractivity contribution in [1.29, 1.82) is 0 Å². The van der Waals surface area contributed by atoms with E-state index in [1.807, 2.05) is 0 Å². The zero-order valence-electron chi connectivity index (χ0n) is 16.1. The van der Waals surface area contributed by atoms with E-state index < -0.39 is 0 Å². The fraction of sp³-hybridized carbons (Fsp3) is 0.650. The summed E-state index contributed by atoms with van der Waals surface area (Å²) in [5.41, 5.74) is 2.87. The third-order valence-corrected chi connectivity index (χ3v) is 4.73. The highest BCUT2D eigenvalue weighted by atomic mass is 127. The standard InChI is InChI=1S/C20H33N3O.HI/c1-5-21-19(22-14-16(2)3)23-15-20(10-12-24-13-11-20)18-9-7-6-8-17(18)4;/h6-9,16H,5,10-15H2,1-4H3,(H2,21,22,23);1H. The number of hydrogen-bond acceptors (Lipinski definition) is 2. The van der Waals surface area contributed by atoms with Gasteiger partial charge in [0.2, 0.25) is 0 Å². The Hall–Kier alpha value is -0.820. The van der Waals surface area contributed by atoms with Gasteiger partial charge in [0.05, 0.1) is 6.54 Å². The van der Waals surface area contributed by atoms with Crippen LogP contribution in [0, 0.1) is 12.8 Å². The molecule has 1 heterocycles. The number of aliphatic imine (C=N–C) groups is 1. The summed E-state index contributed by atoms with van der Waals surface area (Å²) in [6, 6.07) is 8.73. The minimum atomic E-state index is 0.